The van der Waals surface area contributed by atoms with Gasteiger partial charge in [0, 0.05) is 12.3 Å². The van der Waals surface area contributed by atoms with Crippen LogP contribution in [0.1, 0.15) is 49.7 Å². The molecule has 3 nitrogen and oxygen atoms in total. The van der Waals surface area contributed by atoms with E-state index >= 15 is 0 Å². The van der Waals surface area contributed by atoms with E-state index in [1.54, 1.807) is 0 Å². The predicted molar refractivity (Wildman–Crippen MR) is 62.4 cm³/mol. The van der Waals surface area contributed by atoms with E-state index in [2.05, 4.69) is 10.3 Å². The molecular formula is C13H20N2O. The van der Waals surface area contributed by atoms with Gasteiger partial charge in [0.1, 0.15) is 5.76 Å². The summed E-state index contributed by atoms with van der Waals surface area (Å²) >= 11 is 0. The van der Waals surface area contributed by atoms with Crippen LogP contribution in [-0.4, -0.2) is 18.1 Å². The van der Waals surface area contributed by atoms with Gasteiger partial charge in [0.2, 0.25) is 0 Å². The molecule has 1 saturated heterocycles. The van der Waals surface area contributed by atoms with E-state index < -0.39 is 0 Å². The summed E-state index contributed by atoms with van der Waals surface area (Å²) in [5, 5.41) is 3.40. The molecule has 16 heavy (non-hydrogen) atoms. The van der Waals surface area contributed by atoms with Gasteiger partial charge >= 0.3 is 0 Å². The van der Waals surface area contributed by atoms with Crippen LogP contribution < -0.4 is 5.32 Å². The Labute approximate surface area is 96.6 Å². The van der Waals surface area contributed by atoms with Gasteiger partial charge in [-0.15, -0.1) is 0 Å². The Morgan fingerprint density at radius 1 is 1.25 bits per heavy atom. The molecule has 1 saturated carbocycles. The fourth-order valence-electron chi connectivity index (χ4n) is 2.63. The van der Waals surface area contributed by atoms with E-state index in [1.165, 1.54) is 32.1 Å². The van der Waals surface area contributed by atoms with E-state index in [0.29, 0.717) is 5.92 Å². The van der Waals surface area contributed by atoms with Crippen molar-refractivity contribution in [1.29, 1.82) is 0 Å². The molecule has 1 aliphatic heterocycles. The Morgan fingerprint density at radius 3 is 2.75 bits per heavy atom. The molecule has 2 fully saturated rings. The van der Waals surface area contributed by atoms with E-state index in [-0.39, 0.29) is 0 Å². The highest BCUT2D eigenvalue weighted by atomic mass is 16.4. The lowest BCUT2D eigenvalue weighted by Crippen LogP contribution is -2.28. The summed E-state index contributed by atoms with van der Waals surface area (Å²) in [6, 6.07) is 0. The molecule has 0 atom stereocenters. The average Bonchev–Trinajstić information content (AvgIpc) is 2.65. The largest absolute Gasteiger partial charge is 0.445 e. The molecule has 3 rings (SSSR count). The summed E-state index contributed by atoms with van der Waals surface area (Å²) < 4.78 is 5.86. The molecule has 1 aromatic rings. The van der Waals surface area contributed by atoms with E-state index in [9.17, 15) is 0 Å². The summed E-state index contributed by atoms with van der Waals surface area (Å²) in [6.07, 6.45) is 9.48. The smallest absolute Gasteiger partial charge is 0.197 e. The second kappa shape index (κ2) is 4.58. The molecule has 0 spiro atoms. The molecule has 0 bridgehead atoms. The van der Waals surface area contributed by atoms with Crippen molar-refractivity contribution in [2.75, 3.05) is 13.1 Å². The van der Waals surface area contributed by atoms with Crippen LogP contribution in [-0.2, 0) is 6.42 Å². The zero-order valence-corrected chi connectivity index (χ0v) is 9.74. The van der Waals surface area contributed by atoms with Crippen LogP contribution in [0.25, 0.3) is 0 Å². The van der Waals surface area contributed by atoms with E-state index in [4.69, 9.17) is 4.42 Å². The molecule has 1 aromatic heterocycles. The number of aromatic nitrogens is 1. The summed E-state index contributed by atoms with van der Waals surface area (Å²) in [6.45, 7) is 2.32. The number of piperidine rings is 1. The van der Waals surface area contributed by atoms with Gasteiger partial charge in [-0.25, -0.2) is 4.98 Å². The number of oxazole rings is 1. The molecule has 0 aromatic carbocycles. The lowest BCUT2D eigenvalue weighted by Gasteiger charge is -2.22. The Bertz CT molecular complexity index is 337. The molecule has 0 unspecified atom stereocenters. The first kappa shape index (κ1) is 10.3. The SMILES string of the molecule is c1nc(C2CCC2)oc1CC1CCNCC1. The Morgan fingerprint density at radius 2 is 2.06 bits per heavy atom. The molecular weight excluding hydrogens is 200 g/mol. The third kappa shape index (κ3) is 2.14. The average molecular weight is 220 g/mol. The highest BCUT2D eigenvalue weighted by molar-refractivity contribution is 5.02. The van der Waals surface area contributed by atoms with Crippen LogP contribution in [0.15, 0.2) is 10.6 Å². The third-order valence-electron chi connectivity index (χ3n) is 3.97. The van der Waals surface area contributed by atoms with Crippen molar-refractivity contribution >= 4 is 0 Å². The quantitative estimate of drug-likeness (QED) is 0.850. The minimum absolute atomic E-state index is 0.627. The van der Waals surface area contributed by atoms with Crippen molar-refractivity contribution in [3.63, 3.8) is 0 Å². The summed E-state index contributed by atoms with van der Waals surface area (Å²) in [5.41, 5.74) is 0. The normalized spacial score (nSPS) is 23.2. The van der Waals surface area contributed by atoms with Crippen LogP contribution in [0.3, 0.4) is 0 Å². The topological polar surface area (TPSA) is 38.1 Å². The van der Waals surface area contributed by atoms with Gasteiger partial charge in [-0.3, -0.25) is 0 Å². The minimum Gasteiger partial charge on any atom is -0.445 e. The van der Waals surface area contributed by atoms with Crippen molar-refractivity contribution in [2.45, 2.75) is 44.4 Å². The maximum Gasteiger partial charge on any atom is 0.197 e. The first-order valence-corrected chi connectivity index (χ1v) is 6.57. The van der Waals surface area contributed by atoms with Crippen LogP contribution in [0.4, 0.5) is 0 Å². The zero-order valence-electron chi connectivity index (χ0n) is 9.74. The molecule has 2 heterocycles. The third-order valence-corrected chi connectivity index (χ3v) is 3.97. The number of nitrogens with one attached hydrogen (secondary N) is 1. The van der Waals surface area contributed by atoms with Crippen LogP contribution in [0.5, 0.6) is 0 Å². The molecule has 88 valence electrons. The Balaban J connectivity index is 1.58. The monoisotopic (exact) mass is 220 g/mol. The van der Waals surface area contributed by atoms with Crippen molar-refractivity contribution in [3.8, 4) is 0 Å². The number of hydrogen-bond acceptors (Lipinski definition) is 3. The second-order valence-corrected chi connectivity index (χ2v) is 5.19. The van der Waals surface area contributed by atoms with Gasteiger partial charge < -0.3 is 9.73 Å². The molecule has 1 aliphatic carbocycles. The van der Waals surface area contributed by atoms with Gasteiger partial charge in [-0.1, -0.05) is 6.42 Å². The predicted octanol–water partition coefficient (Wildman–Crippen LogP) is 2.48. The van der Waals surface area contributed by atoms with Gasteiger partial charge in [-0.05, 0) is 44.7 Å². The highest BCUT2D eigenvalue weighted by Gasteiger charge is 2.24. The first-order valence-electron chi connectivity index (χ1n) is 6.57. The summed E-state index contributed by atoms with van der Waals surface area (Å²) in [5.74, 6) is 3.52. The second-order valence-electron chi connectivity index (χ2n) is 5.19. The molecule has 2 aliphatic rings. The summed E-state index contributed by atoms with van der Waals surface area (Å²) in [4.78, 5) is 4.42. The van der Waals surface area contributed by atoms with Crippen molar-refractivity contribution < 1.29 is 4.42 Å². The van der Waals surface area contributed by atoms with Crippen LogP contribution >= 0.6 is 0 Å². The van der Waals surface area contributed by atoms with Crippen molar-refractivity contribution in [2.24, 2.45) is 5.92 Å². The Hall–Kier alpha value is -0.830. The maximum atomic E-state index is 5.86. The molecule has 0 radical (unpaired) electrons. The van der Waals surface area contributed by atoms with Crippen LogP contribution in [0, 0.1) is 5.92 Å². The molecule has 3 heteroatoms. The molecule has 0 amide bonds. The zero-order chi connectivity index (χ0) is 10.8. The fourth-order valence-corrected chi connectivity index (χ4v) is 2.63. The van der Waals surface area contributed by atoms with Gasteiger partial charge in [0.15, 0.2) is 5.89 Å². The maximum absolute atomic E-state index is 5.86. The minimum atomic E-state index is 0.627. The van der Waals surface area contributed by atoms with Crippen molar-refractivity contribution in [1.82, 2.24) is 10.3 Å². The number of nitrogens with zero attached hydrogens (tertiary/aromatic N) is 1. The van der Waals surface area contributed by atoms with Gasteiger partial charge in [0.05, 0.1) is 6.20 Å². The van der Waals surface area contributed by atoms with Crippen molar-refractivity contribution in [3.05, 3.63) is 17.8 Å². The summed E-state index contributed by atoms with van der Waals surface area (Å²) in [7, 11) is 0. The molecule has 1 N–H and O–H groups in total. The lowest BCUT2D eigenvalue weighted by molar-refractivity contribution is 0.305. The fraction of sp³-hybridized carbons (Fsp3) is 0.769. The standard InChI is InChI=1S/C13H20N2O/c1-2-11(3-1)13-15-9-12(16-13)8-10-4-6-14-7-5-10/h9-11,14H,1-8H2. The number of hydrogen-bond donors (Lipinski definition) is 1. The number of rotatable bonds is 3. The first-order chi connectivity index (χ1) is 7.92. The van der Waals surface area contributed by atoms with Crippen LogP contribution in [0.2, 0.25) is 0 Å². The van der Waals surface area contributed by atoms with Gasteiger partial charge in [-0.2, -0.15) is 0 Å². The highest BCUT2D eigenvalue weighted by Crippen LogP contribution is 2.36. The van der Waals surface area contributed by atoms with E-state index in [1.807, 2.05) is 6.20 Å². The Kier molecular flexibility index (Phi) is 2.96. The van der Waals surface area contributed by atoms with E-state index in [0.717, 1.165) is 37.1 Å². The lowest BCUT2D eigenvalue weighted by atomic mass is 9.85. The van der Waals surface area contributed by atoms with Gasteiger partial charge in [0.25, 0.3) is 0 Å².